The van der Waals surface area contributed by atoms with Crippen molar-refractivity contribution < 1.29 is 45.4 Å². The lowest BCUT2D eigenvalue weighted by Crippen LogP contribution is -2.21. The number of rotatable bonds is 8. The molecule has 1 atom stereocenters. The van der Waals surface area contributed by atoms with Gasteiger partial charge in [0.2, 0.25) is 6.17 Å². The molecule has 4 nitrogen and oxygen atoms in total. The lowest BCUT2D eigenvalue weighted by Gasteiger charge is -2.16. The molecule has 2 aromatic rings. The summed E-state index contributed by atoms with van der Waals surface area (Å²) in [4.78, 5) is 10.6. The monoisotopic (exact) mass is 507 g/mol. The van der Waals surface area contributed by atoms with Crippen LogP contribution < -0.4 is 10.1 Å². The Morgan fingerprint density at radius 1 is 1.00 bits per heavy atom. The van der Waals surface area contributed by atoms with Crippen molar-refractivity contribution in [2.45, 2.75) is 31.6 Å². The number of ether oxygens (including phenoxy) is 1. The lowest BCUT2D eigenvalue weighted by molar-refractivity contribution is -0.142. The first-order chi connectivity index (χ1) is 14.7. The summed E-state index contributed by atoms with van der Waals surface area (Å²) in [5, 5.41) is 10.2. The average molecular weight is 508 g/mol. The minimum atomic E-state index is -4.82. The number of halogens is 9. The summed E-state index contributed by atoms with van der Waals surface area (Å²) >= 11 is 12.0. The molecule has 0 aliphatic carbocycles. The maximum Gasteiger partial charge on any atom is 0.416 e. The van der Waals surface area contributed by atoms with Crippen LogP contribution in [0.4, 0.5) is 36.4 Å². The Kier molecular flexibility index (Phi) is 8.11. The lowest BCUT2D eigenvalue weighted by atomic mass is 10.1. The topological polar surface area (TPSA) is 58.6 Å². The zero-order valence-corrected chi connectivity index (χ0v) is 17.3. The van der Waals surface area contributed by atoms with Crippen LogP contribution in [0.2, 0.25) is 10.0 Å². The van der Waals surface area contributed by atoms with E-state index in [0.717, 1.165) is 6.07 Å². The van der Waals surface area contributed by atoms with E-state index in [4.69, 9.17) is 33.0 Å². The summed E-state index contributed by atoms with van der Waals surface area (Å²) in [6.45, 7) is -2.08. The van der Waals surface area contributed by atoms with Crippen molar-refractivity contribution in [2.24, 2.45) is 0 Å². The molecule has 1 unspecified atom stereocenters. The third-order valence-electron chi connectivity index (χ3n) is 3.94. The van der Waals surface area contributed by atoms with Gasteiger partial charge in [0, 0.05) is 12.1 Å². The normalized spacial score (nSPS) is 13.0. The van der Waals surface area contributed by atoms with E-state index in [1.54, 1.807) is 0 Å². The van der Waals surface area contributed by atoms with E-state index < -0.39 is 55.3 Å². The predicted molar refractivity (Wildman–Crippen MR) is 103 cm³/mol. The smallest absolute Gasteiger partial charge is 0.416 e. The summed E-state index contributed by atoms with van der Waals surface area (Å²) in [7, 11) is 0. The largest absolute Gasteiger partial charge is 0.486 e. The third kappa shape index (κ3) is 7.63. The van der Waals surface area contributed by atoms with Crippen LogP contribution in [0.5, 0.6) is 5.75 Å². The van der Waals surface area contributed by atoms with E-state index in [1.165, 1.54) is 12.1 Å². The van der Waals surface area contributed by atoms with Crippen molar-refractivity contribution >= 4 is 34.9 Å². The quantitative estimate of drug-likeness (QED) is 0.399. The van der Waals surface area contributed by atoms with Crippen LogP contribution in [-0.4, -0.2) is 30.0 Å². The minimum absolute atomic E-state index is 0.129. The van der Waals surface area contributed by atoms with Gasteiger partial charge in [-0.15, -0.1) is 0 Å². The standard InChI is InChI=1S/C19H14Cl2F7NO3/c20-13-3-9(5-15(22)17(30)31)4-14(21)16(13)32-7-10-1-11(19(26,27)28)6-12(2-10)29-8-18(23,24)25/h1-4,6,15,29H,5,7-8H2,(H,30,31). The fraction of sp³-hybridized carbons (Fsp3) is 0.316. The van der Waals surface area contributed by atoms with Crippen LogP contribution in [0.25, 0.3) is 0 Å². The van der Waals surface area contributed by atoms with Crippen LogP contribution in [0.1, 0.15) is 16.7 Å². The highest BCUT2D eigenvalue weighted by Gasteiger charge is 2.32. The van der Waals surface area contributed by atoms with Gasteiger partial charge in [-0.3, -0.25) is 0 Å². The predicted octanol–water partition coefficient (Wildman–Crippen LogP) is 6.53. The van der Waals surface area contributed by atoms with Gasteiger partial charge in [-0.2, -0.15) is 26.3 Å². The first kappa shape index (κ1) is 25.9. The van der Waals surface area contributed by atoms with Gasteiger partial charge in [0.1, 0.15) is 13.2 Å². The zero-order chi connectivity index (χ0) is 24.3. The zero-order valence-electron chi connectivity index (χ0n) is 15.8. The molecule has 0 amide bonds. The van der Waals surface area contributed by atoms with Crippen LogP contribution >= 0.6 is 23.2 Å². The summed E-state index contributed by atoms with van der Waals surface area (Å²) in [5.41, 5.74) is -1.61. The molecule has 2 rings (SSSR count). The van der Waals surface area contributed by atoms with E-state index in [0.29, 0.717) is 12.1 Å². The second kappa shape index (κ2) is 10.0. The number of benzene rings is 2. The van der Waals surface area contributed by atoms with E-state index in [9.17, 15) is 35.5 Å². The molecular weight excluding hydrogens is 494 g/mol. The van der Waals surface area contributed by atoms with Gasteiger partial charge in [-0.05, 0) is 41.5 Å². The van der Waals surface area contributed by atoms with Crippen molar-refractivity contribution in [1.29, 1.82) is 0 Å². The Labute approximate surface area is 186 Å². The van der Waals surface area contributed by atoms with Crippen molar-refractivity contribution in [2.75, 3.05) is 11.9 Å². The first-order valence-corrected chi connectivity index (χ1v) is 9.40. The maximum atomic E-state index is 13.4. The molecule has 0 aliphatic rings. The fourth-order valence-electron chi connectivity index (χ4n) is 2.56. The number of hydrogen-bond acceptors (Lipinski definition) is 3. The fourth-order valence-corrected chi connectivity index (χ4v) is 3.20. The number of carboxylic acid groups (broad SMARTS) is 1. The van der Waals surface area contributed by atoms with Gasteiger partial charge in [0.25, 0.3) is 0 Å². The number of alkyl halides is 7. The summed E-state index contributed by atoms with van der Waals surface area (Å²) in [6.07, 6.45) is -12.2. The van der Waals surface area contributed by atoms with Gasteiger partial charge in [0.15, 0.2) is 5.75 Å². The Bertz CT molecular complexity index is 957. The highest BCUT2D eigenvalue weighted by molar-refractivity contribution is 6.37. The molecule has 2 aromatic carbocycles. The Balaban J connectivity index is 2.24. The van der Waals surface area contributed by atoms with Crippen LogP contribution in [0.15, 0.2) is 30.3 Å². The molecule has 0 fully saturated rings. The molecule has 0 radical (unpaired) electrons. The number of carbonyl (C=O) groups is 1. The van der Waals surface area contributed by atoms with Crippen LogP contribution in [0, 0.1) is 0 Å². The third-order valence-corrected chi connectivity index (χ3v) is 4.50. The van der Waals surface area contributed by atoms with Crippen LogP contribution in [0.3, 0.4) is 0 Å². The van der Waals surface area contributed by atoms with Gasteiger partial charge in [-0.1, -0.05) is 23.2 Å². The molecule has 2 N–H and O–H groups in total. The Morgan fingerprint density at radius 2 is 1.59 bits per heavy atom. The Morgan fingerprint density at radius 3 is 2.09 bits per heavy atom. The molecule has 0 saturated heterocycles. The number of anilines is 1. The second-order valence-corrected chi connectivity index (χ2v) is 7.39. The Hall–Kier alpha value is -2.40. The summed E-state index contributed by atoms with van der Waals surface area (Å²) < 4.78 is 95.2. The van der Waals surface area contributed by atoms with Gasteiger partial charge in [-0.25, -0.2) is 9.18 Å². The second-order valence-electron chi connectivity index (χ2n) is 6.57. The summed E-state index contributed by atoms with van der Waals surface area (Å²) in [6, 6.07) is 4.62. The van der Waals surface area contributed by atoms with Crippen molar-refractivity contribution in [1.82, 2.24) is 0 Å². The molecule has 176 valence electrons. The van der Waals surface area contributed by atoms with Crippen molar-refractivity contribution in [3.63, 3.8) is 0 Å². The molecule has 0 aliphatic heterocycles. The van der Waals surface area contributed by atoms with Crippen molar-refractivity contribution in [3.05, 3.63) is 57.1 Å². The molecule has 0 aromatic heterocycles. The van der Waals surface area contributed by atoms with Gasteiger partial charge < -0.3 is 15.2 Å². The van der Waals surface area contributed by atoms with Gasteiger partial charge >= 0.3 is 18.3 Å². The van der Waals surface area contributed by atoms with Gasteiger partial charge in [0.05, 0.1) is 15.6 Å². The minimum Gasteiger partial charge on any atom is -0.486 e. The molecule has 0 heterocycles. The first-order valence-electron chi connectivity index (χ1n) is 8.65. The molecule has 13 heteroatoms. The van der Waals surface area contributed by atoms with E-state index in [2.05, 4.69) is 0 Å². The van der Waals surface area contributed by atoms with Crippen LogP contribution in [-0.2, 0) is 24.0 Å². The molecule has 0 spiro atoms. The van der Waals surface area contributed by atoms with E-state index in [-0.39, 0.29) is 26.9 Å². The SMILES string of the molecule is O=C(O)C(F)Cc1cc(Cl)c(OCc2cc(NCC(F)(F)F)cc(C(F)(F)F)c2)c(Cl)c1. The average Bonchev–Trinajstić information content (AvgIpc) is 2.64. The van der Waals surface area contributed by atoms with E-state index in [1.807, 2.05) is 5.32 Å². The molecule has 32 heavy (non-hydrogen) atoms. The maximum absolute atomic E-state index is 13.4. The number of hydrogen-bond donors (Lipinski definition) is 2. The summed E-state index contributed by atoms with van der Waals surface area (Å²) in [5.74, 6) is -1.86. The molecule has 0 bridgehead atoms. The van der Waals surface area contributed by atoms with E-state index >= 15 is 0 Å². The highest BCUT2D eigenvalue weighted by atomic mass is 35.5. The molecule has 0 saturated carbocycles. The highest BCUT2D eigenvalue weighted by Crippen LogP contribution is 2.36. The number of nitrogens with one attached hydrogen (secondary N) is 1. The number of carboxylic acids is 1. The van der Waals surface area contributed by atoms with Crippen molar-refractivity contribution in [3.8, 4) is 5.75 Å². The molecular formula is C19H14Cl2F7NO3. The number of aliphatic carboxylic acids is 1.